The van der Waals surface area contributed by atoms with E-state index in [0.717, 1.165) is 18.4 Å². The molecule has 2 unspecified atom stereocenters. The first-order valence-corrected chi connectivity index (χ1v) is 6.25. The second-order valence-electron chi connectivity index (χ2n) is 4.10. The molecule has 0 bridgehead atoms. The van der Waals surface area contributed by atoms with Gasteiger partial charge in [-0.05, 0) is 37.5 Å². The number of nitrogens with two attached hydrogens (primary N) is 1. The molecule has 0 fully saturated rings. The molecule has 0 aliphatic rings. The summed E-state index contributed by atoms with van der Waals surface area (Å²) in [5.74, 6) is 5.53. The number of halogens is 2. The van der Waals surface area contributed by atoms with Gasteiger partial charge < -0.3 is 4.74 Å². The van der Waals surface area contributed by atoms with Gasteiger partial charge in [-0.25, -0.2) is 0 Å². The van der Waals surface area contributed by atoms with E-state index in [1.54, 1.807) is 13.2 Å². The van der Waals surface area contributed by atoms with Gasteiger partial charge in [-0.2, -0.15) is 0 Å². The molecule has 1 aromatic carbocycles. The van der Waals surface area contributed by atoms with Crippen LogP contribution in [0.5, 0.6) is 0 Å². The van der Waals surface area contributed by atoms with Gasteiger partial charge in [0.05, 0.1) is 16.1 Å². The van der Waals surface area contributed by atoms with Crippen molar-refractivity contribution in [3.63, 3.8) is 0 Å². The summed E-state index contributed by atoms with van der Waals surface area (Å²) in [5, 5.41) is 1.14. The van der Waals surface area contributed by atoms with Crippen LogP contribution in [0.2, 0.25) is 10.0 Å². The molecule has 1 rings (SSSR count). The number of nitrogens with one attached hydrogen (secondary N) is 1. The highest BCUT2D eigenvalue weighted by molar-refractivity contribution is 6.42. The lowest BCUT2D eigenvalue weighted by Gasteiger charge is -2.19. The lowest BCUT2D eigenvalue weighted by Crippen LogP contribution is -2.39. The molecule has 3 N–H and O–H groups in total. The molecule has 0 spiro atoms. The van der Waals surface area contributed by atoms with Crippen LogP contribution in [0, 0.1) is 0 Å². The molecule has 0 aliphatic carbocycles. The topological polar surface area (TPSA) is 47.3 Å². The van der Waals surface area contributed by atoms with Crippen molar-refractivity contribution in [3.05, 3.63) is 33.8 Å². The van der Waals surface area contributed by atoms with Gasteiger partial charge >= 0.3 is 0 Å². The lowest BCUT2D eigenvalue weighted by atomic mass is 10.0. The highest BCUT2D eigenvalue weighted by Gasteiger charge is 2.12. The Morgan fingerprint density at radius 1 is 1.35 bits per heavy atom. The maximum absolute atomic E-state index is 5.97. The number of methoxy groups -OCH3 is 1. The van der Waals surface area contributed by atoms with Gasteiger partial charge in [-0.1, -0.05) is 29.3 Å². The van der Waals surface area contributed by atoms with E-state index in [4.69, 9.17) is 33.8 Å². The fourth-order valence-corrected chi connectivity index (χ4v) is 1.98. The zero-order chi connectivity index (χ0) is 12.8. The molecule has 17 heavy (non-hydrogen) atoms. The molecule has 3 nitrogen and oxygen atoms in total. The third-order valence-electron chi connectivity index (χ3n) is 2.72. The third kappa shape index (κ3) is 4.82. The van der Waals surface area contributed by atoms with Gasteiger partial charge in [0.25, 0.3) is 0 Å². The van der Waals surface area contributed by atoms with Crippen molar-refractivity contribution in [1.82, 2.24) is 5.43 Å². The Morgan fingerprint density at radius 3 is 2.59 bits per heavy atom. The monoisotopic (exact) mass is 276 g/mol. The summed E-state index contributed by atoms with van der Waals surface area (Å²) in [5.41, 5.74) is 3.90. The van der Waals surface area contributed by atoms with Gasteiger partial charge in [-0.3, -0.25) is 11.3 Å². The van der Waals surface area contributed by atoms with Crippen LogP contribution in [-0.4, -0.2) is 19.3 Å². The molecule has 0 aliphatic heterocycles. The van der Waals surface area contributed by atoms with E-state index in [9.17, 15) is 0 Å². The normalized spacial score (nSPS) is 14.6. The minimum atomic E-state index is 0.155. The third-order valence-corrected chi connectivity index (χ3v) is 3.46. The van der Waals surface area contributed by atoms with Crippen LogP contribution < -0.4 is 11.3 Å². The minimum absolute atomic E-state index is 0.155. The number of hydrazine groups is 1. The SMILES string of the molecule is COC(C)CC(Cc1ccc(Cl)c(Cl)c1)NN. The highest BCUT2D eigenvalue weighted by Crippen LogP contribution is 2.23. The Balaban J connectivity index is 2.63. The predicted octanol–water partition coefficient (Wildman–Crippen LogP) is 2.79. The Labute approximate surface area is 112 Å². The van der Waals surface area contributed by atoms with Gasteiger partial charge in [0, 0.05) is 13.2 Å². The van der Waals surface area contributed by atoms with Crippen LogP contribution in [0.1, 0.15) is 18.9 Å². The van der Waals surface area contributed by atoms with Gasteiger partial charge in [-0.15, -0.1) is 0 Å². The summed E-state index contributed by atoms with van der Waals surface area (Å²) in [4.78, 5) is 0. The molecule has 96 valence electrons. The van der Waals surface area contributed by atoms with Crippen molar-refractivity contribution in [2.45, 2.75) is 31.9 Å². The molecule has 0 saturated heterocycles. The van der Waals surface area contributed by atoms with E-state index in [1.165, 1.54) is 0 Å². The molecule has 0 heterocycles. The maximum atomic E-state index is 5.97. The van der Waals surface area contributed by atoms with Crippen LogP contribution in [0.25, 0.3) is 0 Å². The summed E-state index contributed by atoms with van der Waals surface area (Å²) >= 11 is 11.8. The summed E-state index contributed by atoms with van der Waals surface area (Å²) < 4.78 is 5.22. The predicted molar refractivity (Wildman–Crippen MR) is 72.4 cm³/mol. The van der Waals surface area contributed by atoms with Crippen molar-refractivity contribution >= 4 is 23.2 Å². The van der Waals surface area contributed by atoms with E-state index in [-0.39, 0.29) is 12.1 Å². The Bertz CT molecular complexity index is 360. The van der Waals surface area contributed by atoms with E-state index in [1.807, 2.05) is 19.1 Å². The molecule has 5 heteroatoms. The molecule has 1 aromatic rings. The van der Waals surface area contributed by atoms with Crippen molar-refractivity contribution in [2.24, 2.45) is 5.84 Å². The Morgan fingerprint density at radius 2 is 2.06 bits per heavy atom. The molecule has 2 atom stereocenters. The van der Waals surface area contributed by atoms with E-state index < -0.39 is 0 Å². The van der Waals surface area contributed by atoms with Crippen LogP contribution >= 0.6 is 23.2 Å². The van der Waals surface area contributed by atoms with Crippen molar-refractivity contribution in [3.8, 4) is 0 Å². The Kier molecular flexibility index (Phi) is 6.23. The standard InChI is InChI=1S/C12H18Cl2N2O/c1-8(17-2)5-10(16-15)6-9-3-4-11(13)12(14)7-9/h3-4,7-8,10,16H,5-6,15H2,1-2H3. The van der Waals surface area contributed by atoms with Crippen LogP contribution in [-0.2, 0) is 11.2 Å². The number of benzene rings is 1. The fraction of sp³-hybridized carbons (Fsp3) is 0.500. The van der Waals surface area contributed by atoms with Crippen LogP contribution in [0.3, 0.4) is 0 Å². The first kappa shape index (κ1) is 14.7. The summed E-state index contributed by atoms with van der Waals surface area (Å²) in [7, 11) is 1.69. The van der Waals surface area contributed by atoms with Crippen molar-refractivity contribution in [1.29, 1.82) is 0 Å². The number of rotatable bonds is 6. The largest absolute Gasteiger partial charge is 0.382 e. The molecule has 0 aromatic heterocycles. The quantitative estimate of drug-likeness (QED) is 0.621. The average molecular weight is 277 g/mol. The van der Waals surface area contributed by atoms with Gasteiger partial charge in [0.1, 0.15) is 0 Å². The lowest BCUT2D eigenvalue weighted by molar-refractivity contribution is 0.100. The molecule has 0 radical (unpaired) electrons. The average Bonchev–Trinajstić information content (AvgIpc) is 2.32. The van der Waals surface area contributed by atoms with Crippen LogP contribution in [0.15, 0.2) is 18.2 Å². The Hall–Kier alpha value is -0.320. The summed E-state index contributed by atoms with van der Waals surface area (Å²) in [6.07, 6.45) is 1.80. The molecule has 0 saturated carbocycles. The van der Waals surface area contributed by atoms with E-state index in [0.29, 0.717) is 10.0 Å². The number of hydrogen-bond acceptors (Lipinski definition) is 3. The first-order chi connectivity index (χ1) is 8.06. The summed E-state index contributed by atoms with van der Waals surface area (Å²) in [6, 6.07) is 5.77. The zero-order valence-electron chi connectivity index (χ0n) is 10.0. The smallest absolute Gasteiger partial charge is 0.0595 e. The molecule has 0 amide bonds. The van der Waals surface area contributed by atoms with E-state index in [2.05, 4.69) is 5.43 Å². The highest BCUT2D eigenvalue weighted by atomic mass is 35.5. The second kappa shape index (κ2) is 7.19. The van der Waals surface area contributed by atoms with E-state index >= 15 is 0 Å². The molecular formula is C12H18Cl2N2O. The second-order valence-corrected chi connectivity index (χ2v) is 4.91. The van der Waals surface area contributed by atoms with Crippen LogP contribution in [0.4, 0.5) is 0 Å². The number of ether oxygens (including phenoxy) is 1. The van der Waals surface area contributed by atoms with Crippen molar-refractivity contribution in [2.75, 3.05) is 7.11 Å². The fourth-order valence-electron chi connectivity index (χ4n) is 1.66. The first-order valence-electron chi connectivity index (χ1n) is 5.49. The van der Waals surface area contributed by atoms with Crippen molar-refractivity contribution < 1.29 is 4.74 Å². The summed E-state index contributed by atoms with van der Waals surface area (Å²) in [6.45, 7) is 2.01. The maximum Gasteiger partial charge on any atom is 0.0595 e. The molecular weight excluding hydrogens is 259 g/mol. The number of hydrogen-bond donors (Lipinski definition) is 2. The van der Waals surface area contributed by atoms with Gasteiger partial charge in [0.15, 0.2) is 0 Å². The minimum Gasteiger partial charge on any atom is -0.382 e. The van der Waals surface area contributed by atoms with Gasteiger partial charge in [0.2, 0.25) is 0 Å². The zero-order valence-corrected chi connectivity index (χ0v) is 11.6.